The number of benzene rings is 1. The van der Waals surface area contributed by atoms with Crippen molar-refractivity contribution in [3.05, 3.63) is 23.8 Å². The molecule has 1 atom stereocenters. The molecular weight excluding hydrogens is 250 g/mol. The van der Waals surface area contributed by atoms with E-state index in [1.54, 1.807) is 19.1 Å². The monoisotopic (exact) mass is 267 g/mol. The van der Waals surface area contributed by atoms with E-state index < -0.39 is 12.1 Å². The van der Waals surface area contributed by atoms with E-state index >= 15 is 0 Å². The molecule has 1 amide bonds. The number of carboxylic acids is 1. The number of rotatable bonds is 6. The van der Waals surface area contributed by atoms with Crippen molar-refractivity contribution < 1.29 is 24.2 Å². The Hall–Kier alpha value is -2.24. The molecule has 0 aliphatic rings. The highest BCUT2D eigenvalue weighted by Gasteiger charge is 2.21. The number of likely N-dealkylation sites (N-methyl/N-ethyl adjacent to an activating group) is 1. The molecule has 104 valence electrons. The molecule has 19 heavy (non-hydrogen) atoms. The van der Waals surface area contributed by atoms with Crippen molar-refractivity contribution in [1.29, 1.82) is 0 Å². The fraction of sp³-hybridized carbons (Fsp3) is 0.385. The van der Waals surface area contributed by atoms with Crippen molar-refractivity contribution in [2.24, 2.45) is 0 Å². The van der Waals surface area contributed by atoms with Crippen LogP contribution in [0.2, 0.25) is 0 Å². The number of hydrogen-bond donors (Lipinski definition) is 2. The molecular formula is C13H17NO5. The Kier molecular flexibility index (Phi) is 5.17. The number of aromatic carboxylic acids is 1. The Morgan fingerprint density at radius 3 is 2.63 bits per heavy atom. The fourth-order valence-corrected chi connectivity index (χ4v) is 1.51. The number of ether oxygens (including phenoxy) is 2. The van der Waals surface area contributed by atoms with Gasteiger partial charge >= 0.3 is 5.97 Å². The molecule has 0 saturated heterocycles. The van der Waals surface area contributed by atoms with Gasteiger partial charge in [0, 0.05) is 7.05 Å². The number of nitrogens with one attached hydrogen (secondary N) is 1. The first-order chi connectivity index (χ1) is 9.01. The van der Waals surface area contributed by atoms with Gasteiger partial charge in [0.1, 0.15) is 5.56 Å². The molecule has 2 N–H and O–H groups in total. The maximum Gasteiger partial charge on any atom is 0.339 e. The van der Waals surface area contributed by atoms with Crippen molar-refractivity contribution in [2.75, 3.05) is 13.7 Å². The summed E-state index contributed by atoms with van der Waals surface area (Å²) in [4.78, 5) is 22.6. The molecule has 0 fully saturated rings. The van der Waals surface area contributed by atoms with E-state index in [2.05, 4.69) is 5.32 Å². The van der Waals surface area contributed by atoms with E-state index in [9.17, 15) is 9.59 Å². The van der Waals surface area contributed by atoms with Crippen LogP contribution in [0.25, 0.3) is 0 Å². The summed E-state index contributed by atoms with van der Waals surface area (Å²) in [5.41, 5.74) is -0.0401. The van der Waals surface area contributed by atoms with Crippen LogP contribution in [0, 0.1) is 0 Å². The number of hydrogen-bond acceptors (Lipinski definition) is 4. The van der Waals surface area contributed by atoms with E-state index in [0.29, 0.717) is 12.4 Å². The minimum absolute atomic E-state index is 0.0401. The van der Waals surface area contributed by atoms with Crippen LogP contribution in [0.3, 0.4) is 0 Å². The number of para-hydroxylation sites is 1. The highest BCUT2D eigenvalue weighted by atomic mass is 16.5. The number of amides is 1. The Morgan fingerprint density at radius 2 is 2.11 bits per heavy atom. The van der Waals surface area contributed by atoms with Crippen molar-refractivity contribution in [3.63, 3.8) is 0 Å². The highest BCUT2D eigenvalue weighted by Crippen LogP contribution is 2.32. The second-order valence-electron chi connectivity index (χ2n) is 3.75. The average molecular weight is 267 g/mol. The summed E-state index contributed by atoms with van der Waals surface area (Å²) in [5, 5.41) is 11.6. The van der Waals surface area contributed by atoms with Crippen molar-refractivity contribution >= 4 is 11.9 Å². The second kappa shape index (κ2) is 6.63. The maximum absolute atomic E-state index is 11.4. The van der Waals surface area contributed by atoms with Crippen molar-refractivity contribution in [1.82, 2.24) is 5.32 Å². The lowest BCUT2D eigenvalue weighted by Crippen LogP contribution is -2.34. The second-order valence-corrected chi connectivity index (χ2v) is 3.75. The third-order valence-corrected chi connectivity index (χ3v) is 2.42. The molecule has 0 spiro atoms. The van der Waals surface area contributed by atoms with Gasteiger partial charge in [-0.1, -0.05) is 6.07 Å². The van der Waals surface area contributed by atoms with Gasteiger partial charge in [0.05, 0.1) is 6.61 Å². The highest BCUT2D eigenvalue weighted by molar-refractivity contribution is 5.92. The molecule has 6 heteroatoms. The van der Waals surface area contributed by atoms with Gasteiger partial charge in [-0.3, -0.25) is 4.79 Å². The predicted octanol–water partition coefficient (Wildman–Crippen LogP) is 1.30. The van der Waals surface area contributed by atoms with E-state index in [-0.39, 0.29) is 17.2 Å². The Bertz CT molecular complexity index is 472. The third kappa shape index (κ3) is 3.61. The number of carbonyl (C=O) groups excluding carboxylic acids is 1. The first-order valence-corrected chi connectivity index (χ1v) is 5.88. The summed E-state index contributed by atoms with van der Waals surface area (Å²) >= 11 is 0. The van der Waals surface area contributed by atoms with Gasteiger partial charge in [-0.15, -0.1) is 0 Å². The van der Waals surface area contributed by atoms with Crippen LogP contribution < -0.4 is 14.8 Å². The largest absolute Gasteiger partial charge is 0.490 e. The Morgan fingerprint density at radius 1 is 1.42 bits per heavy atom. The van der Waals surface area contributed by atoms with Crippen molar-refractivity contribution in [2.45, 2.75) is 20.0 Å². The standard InChI is InChI=1S/C13H17NO5/c1-4-18-10-7-5-6-9(13(16)17)11(10)19-8(2)12(15)14-3/h5-8H,4H2,1-3H3,(H,14,15)(H,16,17). The zero-order chi connectivity index (χ0) is 14.4. The van der Waals surface area contributed by atoms with Gasteiger partial charge in [0.2, 0.25) is 0 Å². The van der Waals surface area contributed by atoms with Gasteiger partial charge in [-0.05, 0) is 26.0 Å². The van der Waals surface area contributed by atoms with E-state index in [0.717, 1.165) is 0 Å². The summed E-state index contributed by atoms with van der Waals surface area (Å²) in [7, 11) is 1.48. The van der Waals surface area contributed by atoms with Crippen LogP contribution in [-0.2, 0) is 4.79 Å². The molecule has 0 aliphatic carbocycles. The zero-order valence-electron chi connectivity index (χ0n) is 11.1. The summed E-state index contributed by atoms with van der Waals surface area (Å²) < 4.78 is 10.7. The maximum atomic E-state index is 11.4. The predicted molar refractivity (Wildman–Crippen MR) is 68.7 cm³/mol. The van der Waals surface area contributed by atoms with Crippen LogP contribution in [0.5, 0.6) is 11.5 Å². The van der Waals surface area contributed by atoms with Crippen LogP contribution in [0.15, 0.2) is 18.2 Å². The Labute approximate surface area is 111 Å². The van der Waals surface area contributed by atoms with Gasteiger partial charge in [0.25, 0.3) is 5.91 Å². The number of carbonyl (C=O) groups is 2. The van der Waals surface area contributed by atoms with E-state index in [4.69, 9.17) is 14.6 Å². The number of carboxylic acid groups (broad SMARTS) is 1. The lowest BCUT2D eigenvalue weighted by Gasteiger charge is -2.18. The van der Waals surface area contributed by atoms with E-state index in [1.807, 2.05) is 0 Å². The molecule has 0 saturated carbocycles. The summed E-state index contributed by atoms with van der Waals surface area (Å²) in [6.45, 7) is 3.68. The normalized spacial score (nSPS) is 11.5. The average Bonchev–Trinajstić information content (AvgIpc) is 2.39. The topological polar surface area (TPSA) is 84.9 Å². The summed E-state index contributed by atoms with van der Waals surface area (Å²) in [6, 6.07) is 4.56. The molecule has 1 unspecified atom stereocenters. The lowest BCUT2D eigenvalue weighted by atomic mass is 10.2. The summed E-state index contributed by atoms with van der Waals surface area (Å²) in [5.74, 6) is -1.12. The first kappa shape index (κ1) is 14.8. The zero-order valence-corrected chi connectivity index (χ0v) is 11.1. The molecule has 0 aliphatic heterocycles. The molecule has 1 aromatic carbocycles. The van der Waals surface area contributed by atoms with Gasteiger partial charge in [-0.25, -0.2) is 4.79 Å². The van der Waals surface area contributed by atoms with Crippen molar-refractivity contribution in [3.8, 4) is 11.5 Å². The lowest BCUT2D eigenvalue weighted by molar-refractivity contribution is -0.126. The molecule has 0 radical (unpaired) electrons. The quantitative estimate of drug-likeness (QED) is 0.811. The van der Waals surface area contributed by atoms with E-state index in [1.165, 1.54) is 20.0 Å². The molecule has 0 aromatic heterocycles. The molecule has 0 heterocycles. The van der Waals surface area contributed by atoms with Gasteiger partial charge < -0.3 is 19.9 Å². The minimum atomic E-state index is -1.14. The molecule has 6 nitrogen and oxygen atoms in total. The fourth-order valence-electron chi connectivity index (χ4n) is 1.51. The van der Waals surface area contributed by atoms with Crippen LogP contribution >= 0.6 is 0 Å². The van der Waals surface area contributed by atoms with Gasteiger partial charge in [0.15, 0.2) is 17.6 Å². The van der Waals surface area contributed by atoms with Crippen LogP contribution in [0.1, 0.15) is 24.2 Å². The van der Waals surface area contributed by atoms with Gasteiger partial charge in [-0.2, -0.15) is 0 Å². The molecule has 1 rings (SSSR count). The van der Waals surface area contributed by atoms with Crippen LogP contribution in [-0.4, -0.2) is 36.7 Å². The molecule has 0 bridgehead atoms. The third-order valence-electron chi connectivity index (χ3n) is 2.42. The smallest absolute Gasteiger partial charge is 0.339 e. The summed E-state index contributed by atoms with van der Waals surface area (Å²) in [6.07, 6.45) is -0.815. The first-order valence-electron chi connectivity index (χ1n) is 5.88. The SMILES string of the molecule is CCOc1cccc(C(=O)O)c1OC(C)C(=O)NC. The molecule has 1 aromatic rings. The van der Waals surface area contributed by atoms with Crippen LogP contribution in [0.4, 0.5) is 0 Å². The Balaban J connectivity index is 3.13. The minimum Gasteiger partial charge on any atom is -0.490 e.